The molecule has 4 heteroatoms. The molecular weight excluding hydrogens is 226 g/mol. The van der Waals surface area contributed by atoms with Gasteiger partial charge < -0.3 is 15.1 Å². The molecule has 2 aliphatic rings. The Hall–Kier alpha value is -0.610. The van der Waals surface area contributed by atoms with Crippen molar-refractivity contribution in [3.8, 4) is 0 Å². The number of carbonyl (C=O) groups excluding carboxylic acids is 1. The molecule has 2 rings (SSSR count). The van der Waals surface area contributed by atoms with Crippen LogP contribution < -0.4 is 5.32 Å². The molecule has 104 valence electrons. The lowest BCUT2D eigenvalue weighted by Crippen LogP contribution is -2.49. The first-order chi connectivity index (χ1) is 8.68. The molecular formula is C14H27N3O. The predicted molar refractivity (Wildman–Crippen MR) is 73.5 cm³/mol. The van der Waals surface area contributed by atoms with E-state index in [0.29, 0.717) is 5.91 Å². The number of likely N-dealkylation sites (N-methyl/N-ethyl adjacent to an activating group) is 1. The first kappa shape index (κ1) is 13.8. The molecule has 0 spiro atoms. The number of piperidine rings is 1. The first-order valence-corrected chi connectivity index (χ1v) is 7.36. The van der Waals surface area contributed by atoms with Crippen LogP contribution in [0.25, 0.3) is 0 Å². The van der Waals surface area contributed by atoms with Crippen molar-refractivity contribution in [2.24, 2.45) is 5.41 Å². The second-order valence-corrected chi connectivity index (χ2v) is 5.83. The van der Waals surface area contributed by atoms with E-state index >= 15 is 0 Å². The molecule has 0 radical (unpaired) electrons. The van der Waals surface area contributed by atoms with E-state index in [-0.39, 0.29) is 5.41 Å². The quantitative estimate of drug-likeness (QED) is 0.795. The number of hydrogen-bond acceptors (Lipinski definition) is 3. The van der Waals surface area contributed by atoms with Crippen LogP contribution in [0.5, 0.6) is 0 Å². The van der Waals surface area contributed by atoms with Crippen molar-refractivity contribution in [1.82, 2.24) is 15.1 Å². The number of nitrogens with zero attached hydrogens (tertiary/aromatic N) is 2. The van der Waals surface area contributed by atoms with E-state index in [0.717, 1.165) is 65.0 Å². The van der Waals surface area contributed by atoms with E-state index in [1.165, 1.54) is 0 Å². The van der Waals surface area contributed by atoms with Gasteiger partial charge in [-0.05, 0) is 52.4 Å². The van der Waals surface area contributed by atoms with Crippen LogP contribution in [0.2, 0.25) is 0 Å². The highest BCUT2D eigenvalue weighted by Gasteiger charge is 2.40. The van der Waals surface area contributed by atoms with E-state index in [1.807, 2.05) is 0 Å². The zero-order valence-electron chi connectivity index (χ0n) is 11.9. The van der Waals surface area contributed by atoms with Crippen molar-refractivity contribution < 1.29 is 4.79 Å². The lowest BCUT2D eigenvalue weighted by molar-refractivity contribution is -0.144. The van der Waals surface area contributed by atoms with Crippen LogP contribution >= 0.6 is 0 Å². The maximum atomic E-state index is 12.8. The summed E-state index contributed by atoms with van der Waals surface area (Å²) in [7, 11) is 2.15. The molecule has 2 fully saturated rings. The molecule has 1 amide bonds. The minimum absolute atomic E-state index is 0.0752. The van der Waals surface area contributed by atoms with Crippen molar-refractivity contribution in [3.05, 3.63) is 0 Å². The van der Waals surface area contributed by atoms with Crippen LogP contribution in [0, 0.1) is 5.41 Å². The van der Waals surface area contributed by atoms with Crippen LogP contribution in [0.3, 0.4) is 0 Å². The molecule has 0 aromatic carbocycles. The normalized spacial score (nSPS) is 25.8. The highest BCUT2D eigenvalue weighted by Crippen LogP contribution is 2.34. The molecule has 4 nitrogen and oxygen atoms in total. The van der Waals surface area contributed by atoms with Gasteiger partial charge in [0.2, 0.25) is 5.91 Å². The molecule has 0 aromatic heterocycles. The Bertz CT molecular complexity index is 287. The fraction of sp³-hybridized carbons (Fsp3) is 0.929. The Balaban J connectivity index is 2.03. The average Bonchev–Trinajstić information content (AvgIpc) is 2.63. The van der Waals surface area contributed by atoms with Crippen LogP contribution in [-0.4, -0.2) is 62.0 Å². The third kappa shape index (κ3) is 2.86. The average molecular weight is 253 g/mol. The first-order valence-electron chi connectivity index (χ1n) is 7.36. The summed E-state index contributed by atoms with van der Waals surface area (Å²) in [6.45, 7) is 8.14. The van der Waals surface area contributed by atoms with Gasteiger partial charge in [-0.2, -0.15) is 0 Å². The van der Waals surface area contributed by atoms with E-state index in [1.54, 1.807) is 0 Å². The van der Waals surface area contributed by atoms with E-state index in [9.17, 15) is 4.79 Å². The highest BCUT2D eigenvalue weighted by molar-refractivity contribution is 5.83. The summed E-state index contributed by atoms with van der Waals surface area (Å²) < 4.78 is 0. The minimum atomic E-state index is -0.0752. The van der Waals surface area contributed by atoms with Gasteiger partial charge >= 0.3 is 0 Å². The topological polar surface area (TPSA) is 35.6 Å². The van der Waals surface area contributed by atoms with E-state index < -0.39 is 0 Å². The molecule has 2 aliphatic heterocycles. The smallest absolute Gasteiger partial charge is 0.228 e. The maximum Gasteiger partial charge on any atom is 0.228 e. The fourth-order valence-electron chi connectivity index (χ4n) is 3.21. The summed E-state index contributed by atoms with van der Waals surface area (Å²) in [5.74, 6) is 0.418. The van der Waals surface area contributed by atoms with Gasteiger partial charge in [-0.25, -0.2) is 0 Å². The maximum absolute atomic E-state index is 12.8. The third-order valence-corrected chi connectivity index (χ3v) is 4.70. The Labute approximate surface area is 111 Å². The second-order valence-electron chi connectivity index (χ2n) is 5.83. The summed E-state index contributed by atoms with van der Waals surface area (Å²) in [4.78, 5) is 17.3. The third-order valence-electron chi connectivity index (χ3n) is 4.70. The standard InChI is InChI=1S/C14H27N3O/c1-3-14(5-7-15-8-6-14)13(18)17-10-4-9-16(2)11-12-17/h15H,3-12H2,1-2H3. The number of amides is 1. The molecule has 2 saturated heterocycles. The Morgan fingerprint density at radius 1 is 1.17 bits per heavy atom. The van der Waals surface area contributed by atoms with Crippen molar-refractivity contribution in [2.75, 3.05) is 46.3 Å². The van der Waals surface area contributed by atoms with Crippen LogP contribution in [0.15, 0.2) is 0 Å². The van der Waals surface area contributed by atoms with Crippen LogP contribution in [0.1, 0.15) is 32.6 Å². The largest absolute Gasteiger partial charge is 0.341 e. The van der Waals surface area contributed by atoms with Gasteiger partial charge in [0.15, 0.2) is 0 Å². The molecule has 1 N–H and O–H groups in total. The summed E-state index contributed by atoms with van der Waals surface area (Å²) in [6.07, 6.45) is 4.11. The van der Waals surface area contributed by atoms with Crippen LogP contribution in [-0.2, 0) is 4.79 Å². The van der Waals surface area contributed by atoms with Gasteiger partial charge in [0.1, 0.15) is 0 Å². The molecule has 0 bridgehead atoms. The number of hydrogen-bond donors (Lipinski definition) is 1. The molecule has 0 saturated carbocycles. The van der Waals surface area contributed by atoms with Gasteiger partial charge in [0.05, 0.1) is 5.41 Å². The Morgan fingerprint density at radius 2 is 1.89 bits per heavy atom. The van der Waals surface area contributed by atoms with Crippen molar-refractivity contribution in [1.29, 1.82) is 0 Å². The Kier molecular flexibility index (Phi) is 4.62. The monoisotopic (exact) mass is 253 g/mol. The molecule has 0 aromatic rings. The summed E-state index contributed by atoms with van der Waals surface area (Å²) >= 11 is 0. The summed E-state index contributed by atoms with van der Waals surface area (Å²) in [5.41, 5.74) is -0.0752. The van der Waals surface area contributed by atoms with Gasteiger partial charge in [0.25, 0.3) is 0 Å². The SMILES string of the molecule is CCC1(C(=O)N2CCCN(C)CC2)CCNCC1. The predicted octanol–water partition coefficient (Wildman–Crippen LogP) is 0.930. The van der Waals surface area contributed by atoms with Gasteiger partial charge in [0, 0.05) is 19.6 Å². The van der Waals surface area contributed by atoms with E-state index in [4.69, 9.17) is 0 Å². The minimum Gasteiger partial charge on any atom is -0.341 e. The zero-order valence-corrected chi connectivity index (χ0v) is 11.9. The second kappa shape index (κ2) is 6.02. The zero-order chi connectivity index (χ0) is 13.0. The van der Waals surface area contributed by atoms with Gasteiger partial charge in [-0.3, -0.25) is 4.79 Å². The number of rotatable bonds is 2. The molecule has 2 heterocycles. The molecule has 0 atom stereocenters. The van der Waals surface area contributed by atoms with Gasteiger partial charge in [-0.1, -0.05) is 6.92 Å². The summed E-state index contributed by atoms with van der Waals surface area (Å²) in [6, 6.07) is 0. The molecule has 18 heavy (non-hydrogen) atoms. The number of nitrogens with one attached hydrogen (secondary N) is 1. The van der Waals surface area contributed by atoms with Crippen LogP contribution in [0.4, 0.5) is 0 Å². The fourth-order valence-corrected chi connectivity index (χ4v) is 3.21. The number of carbonyl (C=O) groups is 1. The highest BCUT2D eigenvalue weighted by atomic mass is 16.2. The van der Waals surface area contributed by atoms with Crippen molar-refractivity contribution >= 4 is 5.91 Å². The van der Waals surface area contributed by atoms with Gasteiger partial charge in [-0.15, -0.1) is 0 Å². The van der Waals surface area contributed by atoms with Crippen molar-refractivity contribution in [3.63, 3.8) is 0 Å². The molecule has 0 unspecified atom stereocenters. The van der Waals surface area contributed by atoms with E-state index in [2.05, 4.69) is 29.1 Å². The summed E-state index contributed by atoms with van der Waals surface area (Å²) in [5, 5.41) is 3.37. The lowest BCUT2D eigenvalue weighted by Gasteiger charge is -2.39. The van der Waals surface area contributed by atoms with Crippen molar-refractivity contribution in [2.45, 2.75) is 32.6 Å². The molecule has 0 aliphatic carbocycles. The Morgan fingerprint density at radius 3 is 2.56 bits per heavy atom. The lowest BCUT2D eigenvalue weighted by atomic mass is 9.75.